The molecule has 0 bridgehead atoms. The van der Waals surface area contributed by atoms with Crippen LogP contribution >= 0.6 is 12.2 Å². The molecule has 8 heteroatoms. The van der Waals surface area contributed by atoms with E-state index in [1.165, 1.54) is 6.07 Å². The molecule has 1 aromatic carbocycles. The highest BCUT2D eigenvalue weighted by molar-refractivity contribution is 7.80. The standard InChI is InChI=1S/C13H13F3N4S/c1-20-7-8(6-19-20)5-18-11-3-2-9(13(14,15)16)4-10(11)12(17)21/h2-4,6-7,18H,5H2,1H3,(H2,17,21). The van der Waals surface area contributed by atoms with E-state index in [1.807, 2.05) is 0 Å². The first kappa shape index (κ1) is 15.3. The molecule has 0 amide bonds. The number of aryl methyl sites for hydroxylation is 1. The number of rotatable bonds is 4. The number of alkyl halides is 3. The van der Waals surface area contributed by atoms with Gasteiger partial charge >= 0.3 is 6.18 Å². The Morgan fingerprint density at radius 2 is 2.14 bits per heavy atom. The predicted octanol–water partition coefficient (Wildman–Crippen LogP) is 2.69. The Balaban J connectivity index is 2.24. The second kappa shape index (κ2) is 5.72. The number of anilines is 1. The highest BCUT2D eigenvalue weighted by Gasteiger charge is 2.31. The van der Waals surface area contributed by atoms with Gasteiger partial charge in [-0.1, -0.05) is 12.2 Å². The van der Waals surface area contributed by atoms with Gasteiger partial charge in [-0.3, -0.25) is 4.68 Å². The lowest BCUT2D eigenvalue weighted by molar-refractivity contribution is -0.137. The fourth-order valence-corrected chi connectivity index (χ4v) is 2.01. The Morgan fingerprint density at radius 1 is 1.43 bits per heavy atom. The van der Waals surface area contributed by atoms with E-state index in [1.54, 1.807) is 24.1 Å². The molecule has 3 N–H and O–H groups in total. The summed E-state index contributed by atoms with van der Waals surface area (Å²) >= 11 is 4.82. The van der Waals surface area contributed by atoms with Crippen LogP contribution in [0, 0.1) is 0 Å². The van der Waals surface area contributed by atoms with Crippen molar-refractivity contribution in [2.24, 2.45) is 12.8 Å². The first-order chi connectivity index (χ1) is 9.77. The van der Waals surface area contributed by atoms with Gasteiger partial charge < -0.3 is 11.1 Å². The van der Waals surface area contributed by atoms with Crippen molar-refractivity contribution in [1.29, 1.82) is 0 Å². The summed E-state index contributed by atoms with van der Waals surface area (Å²) in [6.45, 7) is 0.412. The number of halogens is 3. The van der Waals surface area contributed by atoms with Gasteiger partial charge in [0.15, 0.2) is 0 Å². The number of nitrogens with one attached hydrogen (secondary N) is 1. The molecule has 0 spiro atoms. The number of benzene rings is 1. The Kier molecular flexibility index (Phi) is 4.17. The maximum atomic E-state index is 12.7. The fourth-order valence-electron chi connectivity index (χ4n) is 1.84. The van der Waals surface area contributed by atoms with Crippen molar-refractivity contribution in [2.75, 3.05) is 5.32 Å². The van der Waals surface area contributed by atoms with Crippen LogP contribution in [0.25, 0.3) is 0 Å². The Bertz CT molecular complexity index is 664. The van der Waals surface area contributed by atoms with Gasteiger partial charge in [0.2, 0.25) is 0 Å². The van der Waals surface area contributed by atoms with Gasteiger partial charge in [0.05, 0.1) is 11.8 Å². The van der Waals surface area contributed by atoms with Gasteiger partial charge in [-0.25, -0.2) is 0 Å². The highest BCUT2D eigenvalue weighted by atomic mass is 32.1. The predicted molar refractivity (Wildman–Crippen MR) is 77.9 cm³/mol. The molecule has 0 saturated carbocycles. The minimum absolute atomic E-state index is 0.0882. The zero-order valence-corrected chi connectivity index (χ0v) is 11.9. The molecule has 0 aliphatic heterocycles. The third kappa shape index (κ3) is 3.72. The molecule has 4 nitrogen and oxygen atoms in total. The topological polar surface area (TPSA) is 55.9 Å². The first-order valence-corrected chi connectivity index (χ1v) is 6.40. The minimum Gasteiger partial charge on any atom is -0.389 e. The quantitative estimate of drug-likeness (QED) is 0.852. The van der Waals surface area contributed by atoms with Crippen LogP contribution in [0.5, 0.6) is 0 Å². The number of thiocarbonyl (C=S) groups is 1. The lowest BCUT2D eigenvalue weighted by atomic mass is 10.1. The highest BCUT2D eigenvalue weighted by Crippen LogP contribution is 2.32. The summed E-state index contributed by atoms with van der Waals surface area (Å²) in [4.78, 5) is -0.0882. The van der Waals surface area contributed by atoms with Crippen LogP contribution in [0.1, 0.15) is 16.7 Å². The average molecular weight is 314 g/mol. The van der Waals surface area contributed by atoms with E-state index in [4.69, 9.17) is 18.0 Å². The molecule has 1 aromatic heterocycles. The molecule has 0 fully saturated rings. The smallest absolute Gasteiger partial charge is 0.389 e. The summed E-state index contributed by atoms with van der Waals surface area (Å²) in [5, 5.41) is 7.02. The number of nitrogens with two attached hydrogens (primary N) is 1. The summed E-state index contributed by atoms with van der Waals surface area (Å²) < 4.78 is 39.7. The maximum absolute atomic E-state index is 12.7. The van der Waals surface area contributed by atoms with Crippen LogP contribution in [0.2, 0.25) is 0 Å². The van der Waals surface area contributed by atoms with E-state index >= 15 is 0 Å². The van der Waals surface area contributed by atoms with Gasteiger partial charge in [-0.15, -0.1) is 0 Å². The molecule has 2 rings (SSSR count). The minimum atomic E-state index is -4.43. The van der Waals surface area contributed by atoms with Crippen LogP contribution in [0.15, 0.2) is 30.6 Å². The summed E-state index contributed by atoms with van der Waals surface area (Å²) in [6, 6.07) is 3.27. The Hall–Kier alpha value is -2.09. The number of hydrogen-bond donors (Lipinski definition) is 2. The van der Waals surface area contributed by atoms with Crippen molar-refractivity contribution in [2.45, 2.75) is 12.7 Å². The summed E-state index contributed by atoms with van der Waals surface area (Å²) in [7, 11) is 1.78. The van der Waals surface area contributed by atoms with Crippen molar-refractivity contribution >= 4 is 22.9 Å². The maximum Gasteiger partial charge on any atom is 0.416 e. The molecule has 0 saturated heterocycles. The van der Waals surface area contributed by atoms with Crippen LogP contribution in [0.3, 0.4) is 0 Å². The molecule has 0 aliphatic rings. The second-order valence-electron chi connectivity index (χ2n) is 4.50. The molecule has 0 atom stereocenters. The molecule has 0 radical (unpaired) electrons. The molecule has 21 heavy (non-hydrogen) atoms. The van der Waals surface area contributed by atoms with E-state index < -0.39 is 11.7 Å². The molecule has 112 valence electrons. The monoisotopic (exact) mass is 314 g/mol. The molecular formula is C13H13F3N4S. The summed E-state index contributed by atoms with van der Waals surface area (Å²) in [5.41, 5.74) is 6.25. The van der Waals surface area contributed by atoms with Crippen molar-refractivity contribution in [3.63, 3.8) is 0 Å². The van der Waals surface area contributed by atoms with E-state index in [-0.39, 0.29) is 10.6 Å². The second-order valence-corrected chi connectivity index (χ2v) is 4.94. The van der Waals surface area contributed by atoms with Crippen LogP contribution in [0.4, 0.5) is 18.9 Å². The summed E-state index contributed by atoms with van der Waals surface area (Å²) in [5.74, 6) is 0. The Labute approximate surface area is 124 Å². The van der Waals surface area contributed by atoms with Crippen LogP contribution in [-0.4, -0.2) is 14.8 Å². The lowest BCUT2D eigenvalue weighted by Gasteiger charge is -2.14. The zero-order chi connectivity index (χ0) is 15.6. The van der Waals surface area contributed by atoms with Crippen molar-refractivity contribution in [3.8, 4) is 0 Å². The SMILES string of the molecule is Cn1cc(CNc2ccc(C(F)(F)F)cc2C(N)=S)cn1. The lowest BCUT2D eigenvalue weighted by Crippen LogP contribution is -2.15. The molecule has 1 heterocycles. The van der Waals surface area contributed by atoms with Crippen molar-refractivity contribution < 1.29 is 13.2 Å². The number of nitrogens with zero attached hydrogens (tertiary/aromatic N) is 2. The van der Waals surface area contributed by atoms with Gasteiger partial charge in [0.1, 0.15) is 4.99 Å². The van der Waals surface area contributed by atoms with Crippen molar-refractivity contribution in [1.82, 2.24) is 9.78 Å². The number of hydrogen-bond acceptors (Lipinski definition) is 3. The third-order valence-electron chi connectivity index (χ3n) is 2.85. The Morgan fingerprint density at radius 3 is 2.67 bits per heavy atom. The normalized spacial score (nSPS) is 11.4. The van der Waals surface area contributed by atoms with Gasteiger partial charge in [-0.05, 0) is 18.2 Å². The first-order valence-electron chi connectivity index (χ1n) is 6.00. The third-order valence-corrected chi connectivity index (χ3v) is 3.07. The molecule has 0 unspecified atom stereocenters. The van der Waals surface area contributed by atoms with Gasteiger partial charge in [0.25, 0.3) is 0 Å². The molecule has 2 aromatic rings. The number of aromatic nitrogens is 2. The van der Waals surface area contributed by atoms with Gasteiger partial charge in [0, 0.05) is 36.6 Å². The van der Waals surface area contributed by atoms with E-state index in [0.717, 1.165) is 17.7 Å². The van der Waals surface area contributed by atoms with E-state index in [0.29, 0.717) is 12.2 Å². The van der Waals surface area contributed by atoms with Crippen LogP contribution < -0.4 is 11.1 Å². The van der Waals surface area contributed by atoms with Crippen molar-refractivity contribution in [3.05, 3.63) is 47.3 Å². The molecular weight excluding hydrogens is 301 g/mol. The van der Waals surface area contributed by atoms with Gasteiger partial charge in [-0.2, -0.15) is 18.3 Å². The van der Waals surface area contributed by atoms with Crippen LogP contribution in [-0.2, 0) is 19.8 Å². The zero-order valence-electron chi connectivity index (χ0n) is 11.1. The van der Waals surface area contributed by atoms with E-state index in [9.17, 15) is 13.2 Å². The van der Waals surface area contributed by atoms with E-state index in [2.05, 4.69) is 10.4 Å². The largest absolute Gasteiger partial charge is 0.416 e. The fraction of sp³-hybridized carbons (Fsp3) is 0.231. The molecule has 0 aliphatic carbocycles. The summed E-state index contributed by atoms with van der Waals surface area (Å²) in [6.07, 6.45) is -0.962. The average Bonchev–Trinajstić information content (AvgIpc) is 2.80.